The Balaban J connectivity index is 2.11. The number of amides is 1. The van der Waals surface area contributed by atoms with E-state index in [0.29, 0.717) is 5.56 Å². The summed E-state index contributed by atoms with van der Waals surface area (Å²) in [5, 5.41) is 3.86. The molecular weight excluding hydrogens is 515 g/mol. The van der Waals surface area contributed by atoms with Crippen LogP contribution in [-0.4, -0.2) is 11.6 Å². The van der Waals surface area contributed by atoms with Gasteiger partial charge in [0.15, 0.2) is 23.3 Å². The van der Waals surface area contributed by atoms with Crippen molar-refractivity contribution >= 4 is 55.2 Å². The van der Waals surface area contributed by atoms with Crippen LogP contribution in [0.2, 0.25) is 0 Å². The molecule has 0 aliphatic carbocycles. The van der Waals surface area contributed by atoms with Gasteiger partial charge in [-0.2, -0.15) is 10.1 Å². The van der Waals surface area contributed by atoms with Gasteiger partial charge in [-0.15, -0.1) is 0 Å². The normalized spacial score (nSPS) is 15.6. The highest BCUT2D eigenvalue weighted by Crippen LogP contribution is 2.34. The highest BCUT2D eigenvalue weighted by atomic mass is 79.9. The zero-order valence-electron chi connectivity index (χ0n) is 14.2. The monoisotopic (exact) mass is 522 g/mol. The van der Waals surface area contributed by atoms with Gasteiger partial charge in [0.1, 0.15) is 5.69 Å². The number of hydrogen-bond acceptors (Lipinski definition) is 2. The predicted molar refractivity (Wildman–Crippen MR) is 101 cm³/mol. The van der Waals surface area contributed by atoms with E-state index in [2.05, 4.69) is 37.0 Å². The number of anilines is 1. The number of carbonyl (C=O) groups excluding carboxylic acids is 1. The van der Waals surface area contributed by atoms with Crippen LogP contribution in [0.3, 0.4) is 0 Å². The third-order valence-corrected chi connectivity index (χ3v) is 5.72. The molecule has 0 saturated carbocycles. The first-order chi connectivity index (χ1) is 13.0. The molecule has 146 valence electrons. The van der Waals surface area contributed by atoms with E-state index >= 15 is 0 Å². The zero-order valence-corrected chi connectivity index (χ0v) is 17.4. The Labute approximate surface area is 172 Å². The summed E-state index contributed by atoms with van der Waals surface area (Å²) in [5.41, 5.74) is 0.0543. The molecule has 1 aliphatic rings. The number of rotatable bonds is 2. The molecule has 0 bridgehead atoms. The quantitative estimate of drug-likeness (QED) is 0.205. The van der Waals surface area contributed by atoms with Crippen LogP contribution in [0.15, 0.2) is 31.8 Å². The Bertz CT molecular complexity index is 1050. The molecule has 0 fully saturated rings. The van der Waals surface area contributed by atoms with E-state index < -0.39 is 40.7 Å². The second-order valence-electron chi connectivity index (χ2n) is 5.89. The molecule has 1 amide bonds. The average molecular weight is 524 g/mol. The van der Waals surface area contributed by atoms with E-state index in [0.717, 1.165) is 14.5 Å². The molecule has 28 heavy (non-hydrogen) atoms. The molecule has 0 saturated heterocycles. The van der Waals surface area contributed by atoms with Crippen LogP contribution in [0.1, 0.15) is 18.1 Å². The van der Waals surface area contributed by atoms with E-state index in [1.54, 1.807) is 12.1 Å². The fourth-order valence-electron chi connectivity index (χ4n) is 2.53. The zero-order chi connectivity index (χ0) is 20.9. The van der Waals surface area contributed by atoms with Crippen LogP contribution in [0, 0.1) is 36.0 Å². The number of carbonyl (C=O) groups is 1. The molecule has 10 heteroatoms. The molecule has 0 radical (unpaired) electrons. The van der Waals surface area contributed by atoms with Gasteiger partial charge < -0.3 is 0 Å². The Hall–Kier alpha value is -2.07. The van der Waals surface area contributed by atoms with Crippen molar-refractivity contribution in [2.45, 2.75) is 13.8 Å². The second-order valence-corrected chi connectivity index (χ2v) is 7.60. The Morgan fingerprint density at radius 1 is 0.893 bits per heavy atom. The molecule has 2 aromatic carbocycles. The lowest BCUT2D eigenvalue weighted by molar-refractivity contribution is -0.114. The van der Waals surface area contributed by atoms with Crippen LogP contribution in [0.4, 0.5) is 27.6 Å². The standard InChI is InChI=1S/C18H9Br2F5N2O/c1-6-10(19)4-8(5-11(6)20)3-9-7(2)26-27(18(9)28)17-15(24)13(22)12(21)14(23)16(17)25/h3-5H,1-2H3/b9-3-. The van der Waals surface area contributed by atoms with Gasteiger partial charge in [-0.05, 0) is 43.2 Å². The topological polar surface area (TPSA) is 32.7 Å². The summed E-state index contributed by atoms with van der Waals surface area (Å²) in [6.45, 7) is 3.23. The van der Waals surface area contributed by atoms with Crippen LogP contribution < -0.4 is 5.01 Å². The van der Waals surface area contributed by atoms with Crippen LogP contribution in [0.5, 0.6) is 0 Å². The molecule has 0 atom stereocenters. The Morgan fingerprint density at radius 2 is 1.36 bits per heavy atom. The lowest BCUT2D eigenvalue weighted by Crippen LogP contribution is -2.25. The minimum atomic E-state index is -2.31. The summed E-state index contributed by atoms with van der Waals surface area (Å²) in [4.78, 5) is 12.6. The van der Waals surface area contributed by atoms with Gasteiger partial charge in [0.25, 0.3) is 5.91 Å². The minimum absolute atomic E-state index is 0.0494. The average Bonchev–Trinajstić information content (AvgIpc) is 2.91. The van der Waals surface area contributed by atoms with Gasteiger partial charge in [-0.25, -0.2) is 22.0 Å². The van der Waals surface area contributed by atoms with Crippen molar-refractivity contribution in [1.82, 2.24) is 0 Å². The smallest absolute Gasteiger partial charge is 0.267 e. The van der Waals surface area contributed by atoms with Crippen LogP contribution in [0.25, 0.3) is 6.08 Å². The summed E-state index contributed by atoms with van der Waals surface area (Å²) in [5.74, 6) is -11.9. The highest BCUT2D eigenvalue weighted by molar-refractivity contribution is 9.11. The summed E-state index contributed by atoms with van der Waals surface area (Å²) in [6, 6.07) is 3.41. The van der Waals surface area contributed by atoms with Crippen molar-refractivity contribution in [1.29, 1.82) is 0 Å². The molecular formula is C18H9Br2F5N2O. The molecule has 1 heterocycles. The van der Waals surface area contributed by atoms with Crippen LogP contribution >= 0.6 is 31.9 Å². The first-order valence-corrected chi connectivity index (χ1v) is 9.22. The van der Waals surface area contributed by atoms with Gasteiger partial charge in [0, 0.05) is 8.95 Å². The Morgan fingerprint density at radius 3 is 1.86 bits per heavy atom. The third-order valence-electron chi connectivity index (χ3n) is 4.08. The maximum atomic E-state index is 14.0. The van der Waals surface area contributed by atoms with Crippen molar-refractivity contribution in [3.8, 4) is 0 Å². The molecule has 0 unspecified atom stereocenters. The summed E-state index contributed by atoms with van der Waals surface area (Å²) < 4.78 is 69.8. The van der Waals surface area contributed by atoms with Gasteiger partial charge in [0.2, 0.25) is 5.82 Å². The van der Waals surface area contributed by atoms with E-state index in [9.17, 15) is 26.7 Å². The SMILES string of the molecule is CC1=NN(c2c(F)c(F)c(F)c(F)c2F)C(=O)/C1=C\c1cc(Br)c(C)c(Br)c1. The van der Waals surface area contributed by atoms with Crippen molar-refractivity contribution in [3.05, 3.63) is 66.9 Å². The molecule has 0 aromatic heterocycles. The first kappa shape index (κ1) is 20.7. The fourth-order valence-corrected chi connectivity index (χ4v) is 3.75. The van der Waals surface area contributed by atoms with E-state index in [-0.39, 0.29) is 16.3 Å². The van der Waals surface area contributed by atoms with E-state index in [1.165, 1.54) is 13.0 Å². The van der Waals surface area contributed by atoms with Crippen molar-refractivity contribution < 1.29 is 26.7 Å². The number of hydrogen-bond donors (Lipinski definition) is 0. The fraction of sp³-hybridized carbons (Fsp3) is 0.111. The molecule has 1 aliphatic heterocycles. The number of benzene rings is 2. The van der Waals surface area contributed by atoms with Crippen molar-refractivity contribution in [2.75, 3.05) is 5.01 Å². The Kier molecular flexibility index (Phi) is 5.46. The molecule has 2 aromatic rings. The summed E-state index contributed by atoms with van der Waals surface area (Å²) >= 11 is 6.73. The first-order valence-electron chi connectivity index (χ1n) is 7.63. The number of halogens is 7. The molecule has 3 nitrogen and oxygen atoms in total. The minimum Gasteiger partial charge on any atom is -0.267 e. The maximum absolute atomic E-state index is 14.0. The highest BCUT2D eigenvalue weighted by Gasteiger charge is 2.37. The van der Waals surface area contributed by atoms with E-state index in [4.69, 9.17) is 0 Å². The molecule has 3 rings (SSSR count). The molecule has 0 N–H and O–H groups in total. The van der Waals surface area contributed by atoms with Gasteiger partial charge in [-0.3, -0.25) is 4.79 Å². The van der Waals surface area contributed by atoms with Gasteiger partial charge >= 0.3 is 0 Å². The lowest BCUT2D eigenvalue weighted by Gasteiger charge is -2.15. The van der Waals surface area contributed by atoms with Crippen LogP contribution in [-0.2, 0) is 4.79 Å². The van der Waals surface area contributed by atoms with Crippen molar-refractivity contribution in [3.63, 3.8) is 0 Å². The van der Waals surface area contributed by atoms with Gasteiger partial charge in [0.05, 0.1) is 11.3 Å². The van der Waals surface area contributed by atoms with E-state index in [1.807, 2.05) is 6.92 Å². The molecule has 0 spiro atoms. The second kappa shape index (κ2) is 7.40. The lowest BCUT2D eigenvalue weighted by atomic mass is 10.1. The largest absolute Gasteiger partial charge is 0.280 e. The number of nitrogens with zero attached hydrogens (tertiary/aromatic N) is 2. The summed E-state index contributed by atoms with van der Waals surface area (Å²) in [7, 11) is 0. The maximum Gasteiger partial charge on any atom is 0.280 e. The summed E-state index contributed by atoms with van der Waals surface area (Å²) in [6.07, 6.45) is 1.40. The van der Waals surface area contributed by atoms with Crippen molar-refractivity contribution in [2.24, 2.45) is 5.10 Å². The predicted octanol–water partition coefficient (Wildman–Crippen LogP) is 6.02. The number of hydrazone groups is 1. The van der Waals surface area contributed by atoms with Gasteiger partial charge in [-0.1, -0.05) is 31.9 Å². The third kappa shape index (κ3) is 3.28.